The zero-order chi connectivity index (χ0) is 55.1. The zero-order valence-electron chi connectivity index (χ0n) is 46.0. The molecule has 2 amide bonds. The van der Waals surface area contributed by atoms with Crippen molar-refractivity contribution < 1.29 is 32.3 Å². The van der Waals surface area contributed by atoms with Crippen LogP contribution in [0.4, 0.5) is 17.6 Å². The van der Waals surface area contributed by atoms with E-state index in [0.717, 1.165) is 71.2 Å². The van der Waals surface area contributed by atoms with Crippen molar-refractivity contribution in [3.63, 3.8) is 0 Å². The van der Waals surface area contributed by atoms with E-state index in [1.165, 1.54) is 30.6 Å². The Balaban J connectivity index is 0.000000222. The first kappa shape index (κ1) is 60.0. The minimum atomic E-state index is -0.611. The molecule has 4 saturated heterocycles. The summed E-state index contributed by atoms with van der Waals surface area (Å²) in [6.07, 6.45) is 3.97. The number of rotatable bonds is 9. The number of benzene rings is 4. The highest BCUT2D eigenvalue weighted by Crippen LogP contribution is 2.43. The molecule has 18 heteroatoms. The van der Waals surface area contributed by atoms with Crippen molar-refractivity contribution in [2.75, 3.05) is 52.4 Å². The van der Waals surface area contributed by atoms with Crippen LogP contribution in [-0.4, -0.2) is 120 Å². The number of aliphatic hydroxyl groups excluding tert-OH is 1. The number of halogens is 7. The molecule has 0 spiro atoms. The Hall–Kier alpha value is -4.64. The first-order valence-corrected chi connectivity index (χ1v) is 27.5. The molecule has 11 nitrogen and oxygen atoms in total. The molecule has 1 aromatic heterocycles. The Morgan fingerprint density at radius 2 is 1.01 bits per heavy atom. The fourth-order valence-electron chi connectivity index (χ4n) is 12.1. The Labute approximate surface area is 468 Å². The summed E-state index contributed by atoms with van der Waals surface area (Å²) in [6, 6.07) is 15.3. The highest BCUT2D eigenvalue weighted by molar-refractivity contribution is 6.31. The van der Waals surface area contributed by atoms with Crippen LogP contribution in [0.25, 0.3) is 0 Å². The van der Waals surface area contributed by atoms with Crippen molar-refractivity contribution >= 4 is 47.4 Å². The maximum absolute atomic E-state index is 14.9. The van der Waals surface area contributed by atoms with E-state index in [9.17, 15) is 32.3 Å². The number of carbonyl (C=O) groups is 2. The van der Waals surface area contributed by atoms with Crippen LogP contribution in [0, 0.1) is 49.0 Å². The molecule has 4 aliphatic rings. The van der Waals surface area contributed by atoms with Crippen LogP contribution in [0.15, 0.2) is 67.0 Å². The van der Waals surface area contributed by atoms with E-state index in [4.69, 9.17) is 23.2 Å². The van der Waals surface area contributed by atoms with Gasteiger partial charge in [-0.15, -0.1) is 22.6 Å². The van der Waals surface area contributed by atoms with E-state index in [1.54, 1.807) is 11.7 Å². The molecule has 418 valence electrons. The smallest absolute Gasteiger partial charge is 0.227 e. The van der Waals surface area contributed by atoms with Gasteiger partial charge in [-0.1, -0.05) is 47.5 Å². The molecule has 5 aromatic rings. The predicted molar refractivity (Wildman–Crippen MR) is 297 cm³/mol. The number of amides is 2. The number of hydrogen-bond donors (Lipinski definition) is 1. The van der Waals surface area contributed by atoms with Crippen molar-refractivity contribution in [3.8, 4) is 0 Å². The van der Waals surface area contributed by atoms with Gasteiger partial charge in [0.25, 0.3) is 0 Å². The molecule has 1 N–H and O–H groups in total. The molecular formula is C59H75Cl3F4N8O3. The normalized spacial score (nSPS) is 21.9. The van der Waals surface area contributed by atoms with E-state index in [-0.39, 0.29) is 70.9 Å². The van der Waals surface area contributed by atoms with Gasteiger partial charge in [-0.3, -0.25) is 19.4 Å². The molecular weight excluding hydrogens is 1050 g/mol. The fourth-order valence-corrected chi connectivity index (χ4v) is 12.4. The van der Waals surface area contributed by atoms with Gasteiger partial charge in [0, 0.05) is 97.4 Å². The number of aryl methyl sites for hydroxylation is 2. The average molecular weight is 1130 g/mol. The Morgan fingerprint density at radius 1 is 0.610 bits per heavy atom. The topological polar surface area (TPSA) is 111 Å². The highest BCUT2D eigenvalue weighted by Gasteiger charge is 2.47. The molecule has 0 saturated carbocycles. The molecule has 0 aliphatic carbocycles. The number of tetrazole rings is 1. The van der Waals surface area contributed by atoms with Crippen LogP contribution >= 0.6 is 35.6 Å². The van der Waals surface area contributed by atoms with Gasteiger partial charge in [-0.05, 0) is 181 Å². The van der Waals surface area contributed by atoms with Crippen molar-refractivity contribution in [3.05, 3.63) is 145 Å². The average Bonchev–Trinajstić information content (AvgIpc) is 4.18. The lowest BCUT2D eigenvalue weighted by Crippen LogP contribution is -2.44. The second-order valence-electron chi connectivity index (χ2n) is 23.7. The molecule has 5 heterocycles. The number of piperidine rings is 2. The monoisotopic (exact) mass is 1120 g/mol. The Kier molecular flexibility index (Phi) is 19.0. The van der Waals surface area contributed by atoms with Gasteiger partial charge in [0.15, 0.2) is 6.33 Å². The van der Waals surface area contributed by atoms with Gasteiger partial charge in [-0.2, -0.15) is 4.80 Å². The van der Waals surface area contributed by atoms with Crippen molar-refractivity contribution in [1.82, 2.24) is 39.8 Å². The van der Waals surface area contributed by atoms with E-state index in [0.29, 0.717) is 73.5 Å². The van der Waals surface area contributed by atoms with Gasteiger partial charge >= 0.3 is 0 Å². The Bertz CT molecular complexity index is 2880. The van der Waals surface area contributed by atoms with E-state index in [2.05, 4.69) is 72.8 Å². The summed E-state index contributed by atoms with van der Waals surface area (Å²) in [5.41, 5.74) is 6.61. The molecule has 9 rings (SSSR count). The highest BCUT2D eigenvalue weighted by atomic mass is 35.5. The van der Waals surface area contributed by atoms with Gasteiger partial charge in [0.1, 0.15) is 23.3 Å². The van der Waals surface area contributed by atoms with Crippen molar-refractivity contribution in [1.29, 1.82) is 0 Å². The molecule has 2 unspecified atom stereocenters. The van der Waals surface area contributed by atoms with Crippen LogP contribution in [-0.2, 0) is 9.59 Å². The van der Waals surface area contributed by atoms with Gasteiger partial charge in [-0.25, -0.2) is 17.6 Å². The van der Waals surface area contributed by atoms with E-state index in [1.807, 2.05) is 48.8 Å². The number of carbonyl (C=O) groups excluding carboxylic acids is 2. The third kappa shape index (κ3) is 13.3. The van der Waals surface area contributed by atoms with Crippen LogP contribution in [0.1, 0.15) is 161 Å². The molecule has 4 aromatic carbocycles. The van der Waals surface area contributed by atoms with Crippen molar-refractivity contribution in [2.45, 2.75) is 142 Å². The molecule has 4 fully saturated rings. The summed E-state index contributed by atoms with van der Waals surface area (Å²) in [6.45, 7) is 24.9. The van der Waals surface area contributed by atoms with Crippen LogP contribution in [0.2, 0.25) is 10.0 Å². The lowest BCUT2D eigenvalue weighted by Gasteiger charge is -2.36. The van der Waals surface area contributed by atoms with Gasteiger partial charge in [0.2, 0.25) is 11.8 Å². The largest absolute Gasteiger partial charge is 0.389 e. The zero-order valence-corrected chi connectivity index (χ0v) is 48.3. The second kappa shape index (κ2) is 24.4. The van der Waals surface area contributed by atoms with Crippen LogP contribution in [0.3, 0.4) is 0 Å². The fraction of sp³-hybridized carbons (Fsp3) is 0.542. The molecule has 0 bridgehead atoms. The minimum Gasteiger partial charge on any atom is -0.389 e. The van der Waals surface area contributed by atoms with Crippen LogP contribution < -0.4 is 0 Å². The third-order valence-corrected chi connectivity index (χ3v) is 17.5. The molecule has 4 aliphatic heterocycles. The number of aliphatic hydroxyl groups is 1. The lowest BCUT2D eigenvalue weighted by atomic mass is 9.83. The number of likely N-dealkylation sites (tertiary alicyclic amines) is 4. The quantitative estimate of drug-likeness (QED) is 0.145. The summed E-state index contributed by atoms with van der Waals surface area (Å²) in [5, 5.41) is 23.9. The summed E-state index contributed by atoms with van der Waals surface area (Å²) in [5.74, 6) is -3.32. The van der Waals surface area contributed by atoms with Gasteiger partial charge in [0.05, 0.1) is 24.0 Å². The van der Waals surface area contributed by atoms with Crippen molar-refractivity contribution in [2.24, 2.45) is 11.8 Å². The Morgan fingerprint density at radius 3 is 1.38 bits per heavy atom. The van der Waals surface area contributed by atoms with E-state index < -0.39 is 35.3 Å². The maximum atomic E-state index is 14.9. The number of nitrogens with zero attached hydrogens (tertiary/aromatic N) is 8. The molecule has 77 heavy (non-hydrogen) atoms. The van der Waals surface area contributed by atoms with Gasteiger partial charge < -0.3 is 14.9 Å². The standard InChI is InChI=1S/C30H37ClF2N6O.C29H37ClF2N2O2.ClH/c1-18-12-23(19(2)39-35-17-34-36-39)24(14-27(18)31)20-8-10-37(11-9-20)29(40)26-16-38(30(3,4)5)15-25(26)22-7-6-21(32)13-28(22)33;1-17-12-22(18(2)35)23(14-26(17)30)19-8-10-33(11-9-19)28(36)25-16-34(29(3,4)5)15-24(25)21-7-6-20(31)13-27(21)32;/h6-7,12-14,17,19-20,25-26H,8-11,15-16H2,1-5H3;6-7,12-14,18-19,24-25,35H,8-11,15-16H2,1-5H3;1H/t19-,25-,26?;18-,24-,25?;/m00./s1. The molecule has 0 radical (unpaired) electrons. The molecule has 6 atom stereocenters. The van der Waals surface area contributed by atoms with E-state index >= 15 is 0 Å². The summed E-state index contributed by atoms with van der Waals surface area (Å²) < 4.78 is 57.0. The summed E-state index contributed by atoms with van der Waals surface area (Å²) >= 11 is 13.0. The predicted octanol–water partition coefficient (Wildman–Crippen LogP) is 12.4. The minimum absolute atomic E-state index is 0. The third-order valence-electron chi connectivity index (χ3n) is 16.7. The maximum Gasteiger partial charge on any atom is 0.227 e. The SMILES string of the molecule is Cc1cc([C@H](C)O)c(C2CCN(C(=O)C3CN(C(C)(C)C)C[C@H]3c3ccc(F)cc3F)CC2)cc1Cl.Cc1cc([C@H](C)n2ncnn2)c(C2CCN(C(=O)C3CN(C(C)(C)C)C[C@H]3c3ccc(F)cc3F)CC2)cc1Cl.Cl. The number of hydrogen-bond acceptors (Lipinski definition) is 8. The first-order valence-electron chi connectivity index (χ1n) is 26.8. The summed E-state index contributed by atoms with van der Waals surface area (Å²) in [7, 11) is 0. The van der Waals surface area contributed by atoms with Crippen LogP contribution in [0.5, 0.6) is 0 Å². The lowest BCUT2D eigenvalue weighted by molar-refractivity contribution is -0.137. The number of aromatic nitrogens is 4. The summed E-state index contributed by atoms with van der Waals surface area (Å²) in [4.78, 5) is 37.6. The first-order chi connectivity index (χ1) is 35.8. The second-order valence-corrected chi connectivity index (χ2v) is 24.5.